The number of rotatable bonds is 4. The van der Waals surface area contributed by atoms with Crippen LogP contribution in [-0.2, 0) is 0 Å². The lowest BCUT2D eigenvalue weighted by Gasteiger charge is -2.30. The number of methoxy groups -OCH3 is 1. The van der Waals surface area contributed by atoms with E-state index in [4.69, 9.17) is 4.74 Å². The first-order valence-electron chi connectivity index (χ1n) is 6.55. The molecule has 3 nitrogen and oxygen atoms in total. The summed E-state index contributed by atoms with van der Waals surface area (Å²) >= 11 is 0. The van der Waals surface area contributed by atoms with Crippen molar-refractivity contribution in [3.63, 3.8) is 0 Å². The van der Waals surface area contributed by atoms with Gasteiger partial charge in [-0.05, 0) is 37.5 Å². The van der Waals surface area contributed by atoms with Crippen molar-refractivity contribution in [2.75, 3.05) is 20.2 Å². The number of nitrogens with one attached hydrogen (secondary N) is 1. The Morgan fingerprint density at radius 1 is 1.28 bits per heavy atom. The van der Waals surface area contributed by atoms with Gasteiger partial charge in [0.15, 0.2) is 11.6 Å². The van der Waals surface area contributed by atoms with Crippen LogP contribution in [0.1, 0.15) is 37.8 Å². The lowest BCUT2D eigenvalue weighted by molar-refractivity contribution is 0.133. The van der Waals surface area contributed by atoms with Crippen LogP contribution in [0.4, 0.5) is 4.39 Å². The number of piperidine rings is 1. The molecular weight excluding hydrogens is 231 g/mol. The summed E-state index contributed by atoms with van der Waals surface area (Å²) in [6, 6.07) is 5.19. The first kappa shape index (κ1) is 13.3. The molecular formula is C14H21FN2O. The van der Waals surface area contributed by atoms with Crippen LogP contribution in [0.5, 0.6) is 5.75 Å². The minimum absolute atomic E-state index is 0.164. The molecule has 0 amide bonds. The quantitative estimate of drug-likeness (QED) is 0.891. The van der Waals surface area contributed by atoms with Crippen molar-refractivity contribution in [3.05, 3.63) is 29.6 Å². The van der Waals surface area contributed by atoms with Crippen molar-refractivity contribution in [2.45, 2.75) is 32.2 Å². The fourth-order valence-electron chi connectivity index (χ4n) is 2.32. The maximum Gasteiger partial charge on any atom is 0.165 e. The monoisotopic (exact) mass is 252 g/mol. The normalized spacial score (nSPS) is 18.6. The number of hydrogen-bond acceptors (Lipinski definition) is 3. The van der Waals surface area contributed by atoms with Crippen LogP contribution >= 0.6 is 0 Å². The van der Waals surface area contributed by atoms with E-state index in [2.05, 4.69) is 17.4 Å². The van der Waals surface area contributed by atoms with Crippen LogP contribution in [0.3, 0.4) is 0 Å². The molecule has 0 radical (unpaired) electrons. The summed E-state index contributed by atoms with van der Waals surface area (Å²) in [4.78, 5) is 0. The van der Waals surface area contributed by atoms with E-state index in [0.717, 1.165) is 18.7 Å². The molecule has 1 aliphatic rings. The van der Waals surface area contributed by atoms with Crippen LogP contribution in [0, 0.1) is 5.82 Å². The van der Waals surface area contributed by atoms with E-state index in [-0.39, 0.29) is 11.9 Å². The molecule has 100 valence electrons. The van der Waals surface area contributed by atoms with Gasteiger partial charge in [-0.1, -0.05) is 12.5 Å². The molecule has 4 heteroatoms. The fourth-order valence-corrected chi connectivity index (χ4v) is 2.32. The Hall–Kier alpha value is -1.13. The summed E-state index contributed by atoms with van der Waals surface area (Å²) in [5.74, 6) is -0.00813. The maximum absolute atomic E-state index is 13.3. The smallest absolute Gasteiger partial charge is 0.165 e. The highest BCUT2D eigenvalue weighted by Crippen LogP contribution is 2.23. The Balaban J connectivity index is 2.01. The Morgan fingerprint density at radius 2 is 2.00 bits per heavy atom. The Bertz CT molecular complexity index is 391. The Morgan fingerprint density at radius 3 is 2.67 bits per heavy atom. The van der Waals surface area contributed by atoms with Crippen LogP contribution in [0.25, 0.3) is 0 Å². The van der Waals surface area contributed by atoms with Gasteiger partial charge in [0, 0.05) is 19.1 Å². The third kappa shape index (κ3) is 3.21. The molecule has 1 atom stereocenters. The fraction of sp³-hybridized carbons (Fsp3) is 0.571. The average Bonchev–Trinajstić information content (AvgIpc) is 2.40. The van der Waals surface area contributed by atoms with E-state index in [9.17, 15) is 4.39 Å². The molecule has 1 aromatic carbocycles. The van der Waals surface area contributed by atoms with E-state index < -0.39 is 0 Å². The van der Waals surface area contributed by atoms with Gasteiger partial charge in [-0.2, -0.15) is 0 Å². The van der Waals surface area contributed by atoms with Crippen molar-refractivity contribution in [1.29, 1.82) is 0 Å². The van der Waals surface area contributed by atoms with E-state index in [1.54, 1.807) is 12.1 Å². The highest BCUT2D eigenvalue weighted by atomic mass is 19.1. The molecule has 1 unspecified atom stereocenters. The summed E-state index contributed by atoms with van der Waals surface area (Å²) in [5.41, 5.74) is 4.50. The molecule has 1 N–H and O–H groups in total. The van der Waals surface area contributed by atoms with Crippen LogP contribution in [0.15, 0.2) is 18.2 Å². The molecule has 2 rings (SSSR count). The van der Waals surface area contributed by atoms with Crippen LogP contribution in [0.2, 0.25) is 0 Å². The number of halogens is 1. The summed E-state index contributed by atoms with van der Waals surface area (Å²) in [6.07, 6.45) is 3.80. The van der Waals surface area contributed by atoms with Crippen LogP contribution in [-0.4, -0.2) is 25.2 Å². The molecule has 0 aromatic heterocycles. The van der Waals surface area contributed by atoms with Gasteiger partial charge in [-0.15, -0.1) is 0 Å². The molecule has 1 aromatic rings. The van der Waals surface area contributed by atoms with Crippen molar-refractivity contribution in [1.82, 2.24) is 10.4 Å². The highest BCUT2D eigenvalue weighted by Gasteiger charge is 2.15. The van der Waals surface area contributed by atoms with Gasteiger partial charge >= 0.3 is 0 Å². The minimum Gasteiger partial charge on any atom is -0.494 e. The second-order valence-corrected chi connectivity index (χ2v) is 4.79. The predicted octanol–water partition coefficient (Wildman–Crippen LogP) is 2.89. The summed E-state index contributed by atoms with van der Waals surface area (Å²) in [7, 11) is 1.49. The number of hydrogen-bond donors (Lipinski definition) is 1. The van der Waals surface area contributed by atoms with E-state index in [0.29, 0.717) is 5.75 Å². The second-order valence-electron chi connectivity index (χ2n) is 4.79. The highest BCUT2D eigenvalue weighted by molar-refractivity contribution is 5.31. The topological polar surface area (TPSA) is 24.5 Å². The van der Waals surface area contributed by atoms with Crippen molar-refractivity contribution in [2.24, 2.45) is 0 Å². The average molecular weight is 252 g/mol. The standard InChI is InChI=1S/C14H21FN2O/c1-11(16-17-8-4-3-5-9-17)12-6-7-13(15)14(10-12)18-2/h6-7,10-11,16H,3-5,8-9H2,1-2H3. The molecule has 0 spiro atoms. The molecule has 0 saturated carbocycles. The van der Waals surface area contributed by atoms with Gasteiger partial charge in [-0.3, -0.25) is 0 Å². The predicted molar refractivity (Wildman–Crippen MR) is 69.9 cm³/mol. The molecule has 1 heterocycles. The SMILES string of the molecule is COc1cc(C(C)NN2CCCCC2)ccc1F. The zero-order chi connectivity index (χ0) is 13.0. The van der Waals surface area contributed by atoms with Gasteiger partial charge in [0.05, 0.1) is 7.11 Å². The van der Waals surface area contributed by atoms with Crippen molar-refractivity contribution >= 4 is 0 Å². The van der Waals surface area contributed by atoms with E-state index in [1.165, 1.54) is 32.4 Å². The van der Waals surface area contributed by atoms with Crippen molar-refractivity contribution < 1.29 is 9.13 Å². The molecule has 1 aliphatic heterocycles. The number of hydrazine groups is 1. The Labute approximate surface area is 108 Å². The second kappa shape index (κ2) is 6.16. The number of ether oxygens (including phenoxy) is 1. The molecule has 1 fully saturated rings. The summed E-state index contributed by atoms with van der Waals surface area (Å²) in [6.45, 7) is 4.26. The first-order valence-corrected chi connectivity index (χ1v) is 6.55. The minimum atomic E-state index is -0.313. The largest absolute Gasteiger partial charge is 0.494 e. The van der Waals surface area contributed by atoms with Gasteiger partial charge < -0.3 is 4.74 Å². The van der Waals surface area contributed by atoms with Gasteiger partial charge in [0.2, 0.25) is 0 Å². The number of nitrogens with zero attached hydrogens (tertiary/aromatic N) is 1. The van der Waals surface area contributed by atoms with Crippen molar-refractivity contribution in [3.8, 4) is 5.75 Å². The zero-order valence-electron chi connectivity index (χ0n) is 11.1. The van der Waals surface area contributed by atoms with Crippen LogP contribution < -0.4 is 10.2 Å². The molecule has 0 bridgehead atoms. The molecule has 18 heavy (non-hydrogen) atoms. The van der Waals surface area contributed by atoms with Gasteiger partial charge in [-0.25, -0.2) is 14.8 Å². The molecule has 0 aliphatic carbocycles. The van der Waals surface area contributed by atoms with E-state index >= 15 is 0 Å². The lowest BCUT2D eigenvalue weighted by atomic mass is 10.1. The lowest BCUT2D eigenvalue weighted by Crippen LogP contribution is -2.42. The molecule has 1 saturated heterocycles. The maximum atomic E-state index is 13.3. The van der Waals surface area contributed by atoms with Gasteiger partial charge in [0.25, 0.3) is 0 Å². The number of benzene rings is 1. The van der Waals surface area contributed by atoms with Gasteiger partial charge in [0.1, 0.15) is 0 Å². The third-order valence-electron chi connectivity index (χ3n) is 3.41. The Kier molecular flexibility index (Phi) is 4.55. The summed E-state index contributed by atoms with van der Waals surface area (Å²) in [5, 5.41) is 2.25. The van der Waals surface area contributed by atoms with E-state index in [1.807, 2.05) is 0 Å². The third-order valence-corrected chi connectivity index (χ3v) is 3.41. The summed E-state index contributed by atoms with van der Waals surface area (Å²) < 4.78 is 18.3. The first-order chi connectivity index (χ1) is 8.70. The zero-order valence-corrected chi connectivity index (χ0v) is 11.1.